The summed E-state index contributed by atoms with van der Waals surface area (Å²) in [7, 11) is 0. The molecule has 2 fully saturated rings. The molecule has 1 aromatic carbocycles. The Labute approximate surface area is 196 Å². The lowest BCUT2D eigenvalue weighted by Crippen LogP contribution is -2.39. The van der Waals surface area contributed by atoms with Crippen LogP contribution in [0.1, 0.15) is 31.4 Å². The Morgan fingerprint density at radius 2 is 1.88 bits per heavy atom. The minimum Gasteiger partial charge on any atom is -0.611 e. The van der Waals surface area contributed by atoms with E-state index >= 15 is 0 Å². The number of anilines is 2. The standard InChI is InChI=1S/C23H28N4O5S/c28-33-12-7-18-21(33)22(24-15-5-10-29-11-6-15)26-23(25-18)27-8-3-16(4-9-27)32-17-1-2-19-20(13-17)31-14-30-19/h1-2,13,15-16H,3-12,14H2,(H,24,25,26)/t33-/m0/s1. The molecular weight excluding hydrogens is 444 g/mol. The SMILES string of the molecule is [O-][S@@+]1CCc2nc(N3CCC(Oc4ccc5c(c4)OCO5)CC3)nc(NC3CCOCC3)c21. The first-order valence-corrected chi connectivity index (χ1v) is 13.0. The van der Waals surface area contributed by atoms with Crippen LogP contribution < -0.4 is 24.4 Å². The van der Waals surface area contributed by atoms with Crippen LogP contribution in [0.4, 0.5) is 11.8 Å². The van der Waals surface area contributed by atoms with Crippen LogP contribution in [0.3, 0.4) is 0 Å². The second-order valence-corrected chi connectivity index (χ2v) is 10.3. The third-order valence-corrected chi connectivity index (χ3v) is 8.07. The highest BCUT2D eigenvalue weighted by molar-refractivity contribution is 7.91. The van der Waals surface area contributed by atoms with Crippen molar-refractivity contribution in [3.63, 3.8) is 0 Å². The molecule has 0 bridgehead atoms. The van der Waals surface area contributed by atoms with Crippen molar-refractivity contribution in [2.45, 2.75) is 49.1 Å². The summed E-state index contributed by atoms with van der Waals surface area (Å²) in [6.45, 7) is 3.38. The van der Waals surface area contributed by atoms with E-state index < -0.39 is 11.2 Å². The number of piperidine rings is 1. The molecule has 9 nitrogen and oxygen atoms in total. The number of ether oxygens (including phenoxy) is 4. The maximum Gasteiger partial charge on any atom is 0.231 e. The topological polar surface area (TPSA) is 101 Å². The zero-order valence-corrected chi connectivity index (χ0v) is 19.3. The van der Waals surface area contributed by atoms with Gasteiger partial charge in [0.2, 0.25) is 17.6 Å². The third-order valence-electron chi connectivity index (χ3n) is 6.61. The molecule has 6 rings (SSSR count). The number of aryl methyl sites for hydroxylation is 1. The molecule has 4 aliphatic rings. The predicted molar refractivity (Wildman–Crippen MR) is 123 cm³/mol. The van der Waals surface area contributed by atoms with Crippen LogP contribution in [0.15, 0.2) is 23.1 Å². The summed E-state index contributed by atoms with van der Waals surface area (Å²) in [4.78, 5) is 12.7. The van der Waals surface area contributed by atoms with Crippen LogP contribution in [-0.4, -0.2) is 65.5 Å². The maximum atomic E-state index is 12.6. The molecule has 0 amide bonds. The van der Waals surface area contributed by atoms with Crippen molar-refractivity contribution in [2.24, 2.45) is 0 Å². The molecule has 33 heavy (non-hydrogen) atoms. The molecule has 0 aliphatic carbocycles. The second-order valence-electron chi connectivity index (χ2n) is 8.80. The van der Waals surface area contributed by atoms with E-state index in [1.54, 1.807) is 0 Å². The summed E-state index contributed by atoms with van der Waals surface area (Å²) in [5.41, 5.74) is 0.923. The van der Waals surface area contributed by atoms with E-state index in [1.807, 2.05) is 18.2 Å². The zero-order chi connectivity index (χ0) is 22.2. The van der Waals surface area contributed by atoms with Gasteiger partial charge in [-0.3, -0.25) is 0 Å². The molecule has 2 saturated heterocycles. The van der Waals surface area contributed by atoms with E-state index in [2.05, 4.69) is 10.2 Å². The van der Waals surface area contributed by atoms with Crippen LogP contribution in [0.2, 0.25) is 0 Å². The Hall–Kier alpha value is -2.43. The average Bonchev–Trinajstić information content (AvgIpc) is 3.46. The first kappa shape index (κ1) is 21.1. The number of hydrogen-bond acceptors (Lipinski definition) is 9. The van der Waals surface area contributed by atoms with Gasteiger partial charge in [-0.25, -0.2) is 4.98 Å². The van der Waals surface area contributed by atoms with Gasteiger partial charge in [-0.15, -0.1) is 0 Å². The van der Waals surface area contributed by atoms with E-state index in [0.717, 1.165) is 98.0 Å². The van der Waals surface area contributed by atoms with Crippen molar-refractivity contribution in [3.8, 4) is 17.2 Å². The van der Waals surface area contributed by atoms with Crippen molar-refractivity contribution in [1.82, 2.24) is 9.97 Å². The summed E-state index contributed by atoms with van der Waals surface area (Å²) in [5.74, 6) is 4.40. The van der Waals surface area contributed by atoms with E-state index in [1.165, 1.54) is 0 Å². The van der Waals surface area contributed by atoms with E-state index in [4.69, 9.17) is 28.9 Å². The minimum absolute atomic E-state index is 0.128. The molecule has 0 radical (unpaired) electrons. The van der Waals surface area contributed by atoms with Gasteiger partial charge in [-0.05, 0) is 36.2 Å². The number of aromatic nitrogens is 2. The Morgan fingerprint density at radius 3 is 2.73 bits per heavy atom. The molecule has 1 N–H and O–H groups in total. The minimum atomic E-state index is -1.03. The predicted octanol–water partition coefficient (Wildman–Crippen LogP) is 2.51. The van der Waals surface area contributed by atoms with Gasteiger partial charge in [-0.2, -0.15) is 4.98 Å². The van der Waals surface area contributed by atoms with Crippen molar-refractivity contribution in [1.29, 1.82) is 0 Å². The van der Waals surface area contributed by atoms with Gasteiger partial charge in [0.1, 0.15) is 23.3 Å². The number of rotatable bonds is 5. The molecule has 0 saturated carbocycles. The highest BCUT2D eigenvalue weighted by Gasteiger charge is 2.34. The molecule has 5 heterocycles. The molecule has 0 spiro atoms. The van der Waals surface area contributed by atoms with Crippen LogP contribution in [0, 0.1) is 0 Å². The molecule has 2 aromatic rings. The largest absolute Gasteiger partial charge is 0.611 e. The summed E-state index contributed by atoms with van der Waals surface area (Å²) < 4.78 is 35.1. The molecule has 1 atom stereocenters. The average molecular weight is 473 g/mol. The van der Waals surface area contributed by atoms with Crippen molar-refractivity contribution in [3.05, 3.63) is 23.9 Å². The highest BCUT2D eigenvalue weighted by atomic mass is 32.2. The maximum absolute atomic E-state index is 12.6. The lowest BCUT2D eigenvalue weighted by Gasteiger charge is -2.32. The first-order valence-electron chi connectivity index (χ1n) is 11.7. The summed E-state index contributed by atoms with van der Waals surface area (Å²) in [5, 5.41) is 3.56. The molecule has 1 aromatic heterocycles. The van der Waals surface area contributed by atoms with Gasteiger partial charge >= 0.3 is 0 Å². The third kappa shape index (κ3) is 4.39. The van der Waals surface area contributed by atoms with Crippen LogP contribution in [0.25, 0.3) is 0 Å². The van der Waals surface area contributed by atoms with Crippen molar-refractivity contribution >= 4 is 22.9 Å². The van der Waals surface area contributed by atoms with E-state index in [0.29, 0.717) is 11.8 Å². The summed E-state index contributed by atoms with van der Waals surface area (Å²) >= 11 is -1.03. The Morgan fingerprint density at radius 1 is 1.06 bits per heavy atom. The molecule has 0 unspecified atom stereocenters. The molecule has 4 aliphatic heterocycles. The lowest BCUT2D eigenvalue weighted by molar-refractivity contribution is 0.0903. The second kappa shape index (κ2) is 9.08. The first-order chi connectivity index (χ1) is 16.2. The lowest BCUT2D eigenvalue weighted by atomic mass is 10.1. The van der Waals surface area contributed by atoms with Crippen LogP contribution >= 0.6 is 0 Å². The molecule has 10 heteroatoms. The quantitative estimate of drug-likeness (QED) is 0.658. The zero-order valence-electron chi connectivity index (χ0n) is 18.5. The molecule has 176 valence electrons. The number of benzene rings is 1. The highest BCUT2D eigenvalue weighted by Crippen LogP contribution is 2.37. The number of hydrogen-bond donors (Lipinski definition) is 1. The van der Waals surface area contributed by atoms with Gasteiger partial charge in [0, 0.05) is 57.7 Å². The Bertz CT molecular complexity index is 1010. The van der Waals surface area contributed by atoms with Crippen molar-refractivity contribution < 1.29 is 23.5 Å². The smallest absolute Gasteiger partial charge is 0.231 e. The monoisotopic (exact) mass is 472 g/mol. The van der Waals surface area contributed by atoms with Gasteiger partial charge in [0.25, 0.3) is 0 Å². The van der Waals surface area contributed by atoms with Gasteiger partial charge in [0.15, 0.2) is 17.3 Å². The Balaban J connectivity index is 1.14. The van der Waals surface area contributed by atoms with E-state index in [9.17, 15) is 4.55 Å². The number of nitrogens with zero attached hydrogens (tertiary/aromatic N) is 3. The fourth-order valence-electron chi connectivity index (χ4n) is 4.77. The summed E-state index contributed by atoms with van der Waals surface area (Å²) in [6, 6.07) is 6.01. The normalized spacial score (nSPS) is 22.9. The summed E-state index contributed by atoms with van der Waals surface area (Å²) in [6.07, 6.45) is 4.49. The van der Waals surface area contributed by atoms with Gasteiger partial charge < -0.3 is 33.7 Å². The fourth-order valence-corrected chi connectivity index (χ4v) is 6.09. The van der Waals surface area contributed by atoms with Crippen molar-refractivity contribution in [2.75, 3.05) is 49.1 Å². The molecular formula is C23H28N4O5S. The van der Waals surface area contributed by atoms with Gasteiger partial charge in [-0.1, -0.05) is 0 Å². The van der Waals surface area contributed by atoms with Gasteiger partial charge in [0.05, 0.1) is 0 Å². The van der Waals surface area contributed by atoms with Crippen LogP contribution in [-0.2, 0) is 22.3 Å². The van der Waals surface area contributed by atoms with Crippen LogP contribution in [0.5, 0.6) is 17.2 Å². The number of fused-ring (bicyclic) bond motifs is 2. The number of nitrogens with one attached hydrogen (secondary N) is 1. The Kier molecular flexibility index (Phi) is 5.81. The fraction of sp³-hybridized carbons (Fsp3) is 0.565. The van der Waals surface area contributed by atoms with E-state index in [-0.39, 0.29) is 12.9 Å².